The Morgan fingerprint density at radius 3 is 0.565 bits per heavy atom. The van der Waals surface area contributed by atoms with Crippen LogP contribution in [0.25, 0.3) is 22.5 Å². The molecule has 138 heavy (non-hydrogen) atoms. The molecule has 0 spiro atoms. The normalized spacial score (nSPS) is 10.9. The number of pyridine rings is 3. The topological polar surface area (TPSA) is 72.8 Å². The Kier molecular flexibility index (Phi) is 40.6. The number of aromatic nitrogens is 3. The molecule has 690 valence electrons. The van der Waals surface area contributed by atoms with Gasteiger partial charge in [-0.05, 0) is 217 Å². The first-order chi connectivity index (χ1) is 66.5. The molecule has 0 amide bonds. The van der Waals surface area contributed by atoms with Crippen molar-refractivity contribution in [3.63, 3.8) is 0 Å². The summed E-state index contributed by atoms with van der Waals surface area (Å²) < 4.78 is 2.73. The molecule has 5 nitrogen and oxygen atoms in total. The maximum absolute atomic E-state index is 13.4. The van der Waals surface area contributed by atoms with Gasteiger partial charge in [-0.15, -0.1) is 0 Å². The van der Waals surface area contributed by atoms with Gasteiger partial charge in [0.05, 0.1) is 11.4 Å². The van der Waals surface area contributed by atoms with E-state index in [0.29, 0.717) is 22.3 Å². The summed E-state index contributed by atoms with van der Waals surface area (Å²) in [6.45, 7) is 19.7. The summed E-state index contributed by atoms with van der Waals surface area (Å²) in [4.78, 5) is 38.7. The van der Waals surface area contributed by atoms with Gasteiger partial charge in [0, 0.05) is 81.3 Å². The number of halogens is 3. The van der Waals surface area contributed by atoms with Crippen LogP contribution in [0.5, 0.6) is 0 Å². The second kappa shape index (κ2) is 53.3. The standard InChI is InChI=1S/C31H32N2O.4C18H15P.C13H8Br2O.C9H12BrN.Pd/c1-30(2,3)25-13-15-32-27(19-25)21-9-7-11-23(17-21)29(34)24-12-8-10-22(18-24)28-20-26(14-16-33-28)31(4,5)6;4*1-4-10-16(11-5-1)19(17-12-6-2-7-13-17)18-14-8-3-9-15-18;14-11-5-1-3-9(7-11)13(16)10-4-2-6-12(15)8-10;1-9(2,3)7-4-5-11-8(10)6-7;/h7-20H,1-6H3;4*1-15H;1-8H;4-6H,1-3H3;. The predicted octanol–water partition coefficient (Wildman–Crippen LogP) is 29.0. The predicted molar refractivity (Wildman–Crippen MR) is 603 cm³/mol. The molecule has 19 rings (SSSR count). The zero-order valence-electron chi connectivity index (χ0n) is 79.0. The van der Waals surface area contributed by atoms with Crippen LogP contribution in [0.2, 0.25) is 0 Å². The third-order valence-electron chi connectivity index (χ3n) is 22.0. The molecule has 0 saturated heterocycles. The first-order valence-electron chi connectivity index (χ1n) is 45.7. The van der Waals surface area contributed by atoms with E-state index in [1.807, 2.05) is 134 Å². The van der Waals surface area contributed by atoms with Gasteiger partial charge in [-0.1, -0.05) is 519 Å². The number of rotatable bonds is 18. The number of ketones is 2. The molecule has 0 radical (unpaired) electrons. The number of benzene rings is 16. The second-order valence-electron chi connectivity index (χ2n) is 35.2. The molecule has 0 unspecified atom stereocenters. The zero-order chi connectivity index (χ0) is 96.2. The van der Waals surface area contributed by atoms with Crippen LogP contribution in [0.3, 0.4) is 0 Å². The molecular weight excluding hydrogens is 2050 g/mol. The van der Waals surface area contributed by atoms with Gasteiger partial charge in [-0.2, -0.15) is 0 Å². The Balaban J connectivity index is 0.000000148. The summed E-state index contributed by atoms with van der Waals surface area (Å²) in [7, 11) is -1.78. The van der Waals surface area contributed by atoms with E-state index in [4.69, 9.17) is 0 Å². The Hall–Kier alpha value is -11.9. The second-order valence-corrected chi connectivity index (χ2v) is 46.7. The van der Waals surface area contributed by atoms with Crippen molar-refractivity contribution in [2.75, 3.05) is 0 Å². The quantitative estimate of drug-likeness (QED) is 0.0370. The van der Waals surface area contributed by atoms with Crippen molar-refractivity contribution in [3.8, 4) is 22.5 Å². The maximum atomic E-state index is 13.4. The number of nitrogens with zero attached hydrogens (tertiary/aromatic N) is 3. The molecule has 0 atom stereocenters. The molecule has 16 aromatic carbocycles. The maximum Gasteiger partial charge on any atom is 0.193 e. The van der Waals surface area contributed by atoms with Crippen LogP contribution in [0.1, 0.15) is 111 Å². The number of carbonyl (C=O) groups is 2. The van der Waals surface area contributed by atoms with Crippen LogP contribution < -0.4 is 63.7 Å². The van der Waals surface area contributed by atoms with Gasteiger partial charge >= 0.3 is 0 Å². The number of hydrogen-bond acceptors (Lipinski definition) is 5. The van der Waals surface area contributed by atoms with Crippen LogP contribution in [0, 0.1) is 0 Å². The van der Waals surface area contributed by atoms with Gasteiger partial charge in [0.15, 0.2) is 11.6 Å². The van der Waals surface area contributed by atoms with Gasteiger partial charge in [0.25, 0.3) is 0 Å². The summed E-state index contributed by atoms with van der Waals surface area (Å²) >= 11 is 10.1. The van der Waals surface area contributed by atoms with Crippen LogP contribution in [-0.4, -0.2) is 26.5 Å². The smallest absolute Gasteiger partial charge is 0.193 e. The molecule has 0 aliphatic heterocycles. The van der Waals surface area contributed by atoms with E-state index in [1.165, 1.54) is 80.3 Å². The first kappa shape index (κ1) is 105. The minimum atomic E-state index is -0.446. The molecule has 0 aliphatic carbocycles. The third kappa shape index (κ3) is 31.6. The summed E-state index contributed by atoms with van der Waals surface area (Å²) in [6.07, 6.45) is 5.50. The molecule has 3 aromatic heterocycles. The summed E-state index contributed by atoms with van der Waals surface area (Å²) in [5.74, 6) is 0.0188. The van der Waals surface area contributed by atoms with Crippen molar-refractivity contribution >= 4 is 155 Å². The summed E-state index contributed by atoms with van der Waals surface area (Å²) in [5.41, 5.74) is 10.3. The fraction of sp³-hybridized carbons (Fsp3) is 0.0960. The zero-order valence-corrected chi connectivity index (χ0v) is 88.9. The van der Waals surface area contributed by atoms with E-state index in [9.17, 15) is 9.59 Å². The molecule has 19 aromatic rings. The van der Waals surface area contributed by atoms with Crippen LogP contribution >= 0.6 is 79.5 Å². The number of carbonyl (C=O) groups excluding carboxylic acids is 2. The third-order valence-corrected chi connectivity index (χ3v) is 33.2. The Labute approximate surface area is 861 Å². The van der Waals surface area contributed by atoms with E-state index in [0.717, 1.165) is 36.1 Å². The van der Waals surface area contributed by atoms with Gasteiger partial charge in [-0.3, -0.25) is 19.6 Å². The molecular formula is C125H112Br3N3O2P4Pd. The Morgan fingerprint density at radius 1 is 0.203 bits per heavy atom. The monoisotopic (exact) mass is 2150 g/mol. The van der Waals surface area contributed by atoms with Crippen molar-refractivity contribution in [1.29, 1.82) is 0 Å². The van der Waals surface area contributed by atoms with Crippen molar-refractivity contribution < 1.29 is 30.0 Å². The SMILES string of the molecule is CC(C)(C)c1ccnc(-c2cccc(C(=O)c3cccc(-c4cc(C(C)(C)C)ccn4)c3)c2)c1.CC(C)(C)c1ccnc(Br)c1.O=C(c1cccc(Br)c1)c1cccc(Br)c1.[Pd].c1ccc(P(c2ccccc2)c2ccccc2)cc1.c1ccc(P(c2ccccc2)c2ccccc2)cc1.c1ccc(P(c2ccccc2)c2ccccc2)cc1.c1ccc(P(c2ccccc2)c2ccccc2)cc1. The molecule has 0 N–H and O–H groups in total. The van der Waals surface area contributed by atoms with Crippen LogP contribution in [-0.2, 0) is 36.7 Å². The van der Waals surface area contributed by atoms with E-state index >= 15 is 0 Å². The van der Waals surface area contributed by atoms with Crippen molar-refractivity contribution in [2.45, 2.75) is 78.6 Å². The molecule has 3 heterocycles. The minimum absolute atomic E-state index is 0. The van der Waals surface area contributed by atoms with E-state index in [1.54, 1.807) is 0 Å². The minimum Gasteiger partial charge on any atom is -0.289 e. The first-order valence-corrected chi connectivity index (χ1v) is 53.4. The molecule has 13 heteroatoms. The number of hydrogen-bond donors (Lipinski definition) is 0. The fourth-order valence-electron chi connectivity index (χ4n) is 14.9. The molecule has 0 saturated carbocycles. The average molecular weight is 2160 g/mol. The molecule has 0 bridgehead atoms. The fourth-order valence-corrected chi connectivity index (χ4v) is 25.3. The Morgan fingerprint density at radius 2 is 0.384 bits per heavy atom. The van der Waals surface area contributed by atoms with Gasteiger partial charge in [-0.25, -0.2) is 4.98 Å². The van der Waals surface area contributed by atoms with Crippen molar-refractivity contribution in [2.24, 2.45) is 0 Å². The molecule has 0 fully saturated rings. The average Bonchev–Trinajstić information content (AvgIpc) is 0.828. The van der Waals surface area contributed by atoms with Crippen LogP contribution in [0.4, 0.5) is 0 Å². The van der Waals surface area contributed by atoms with Crippen LogP contribution in [0.15, 0.2) is 530 Å². The van der Waals surface area contributed by atoms with Gasteiger partial charge in [0.2, 0.25) is 0 Å². The largest absolute Gasteiger partial charge is 0.289 e. The Bertz CT molecular complexity index is 5900. The molecule has 0 aliphatic rings. The van der Waals surface area contributed by atoms with Gasteiger partial charge in [0.1, 0.15) is 4.60 Å². The van der Waals surface area contributed by atoms with E-state index < -0.39 is 31.7 Å². The van der Waals surface area contributed by atoms with Gasteiger partial charge < -0.3 is 0 Å². The summed E-state index contributed by atoms with van der Waals surface area (Å²) in [5, 5.41) is 16.8. The summed E-state index contributed by atoms with van der Waals surface area (Å²) in [6, 6.07) is 172. The van der Waals surface area contributed by atoms with E-state index in [-0.39, 0.29) is 48.2 Å². The van der Waals surface area contributed by atoms with Crippen molar-refractivity contribution in [1.82, 2.24) is 15.0 Å². The van der Waals surface area contributed by atoms with Crippen molar-refractivity contribution in [3.05, 3.63) is 569 Å². The van der Waals surface area contributed by atoms with E-state index in [2.05, 4.69) is 507 Å².